The van der Waals surface area contributed by atoms with Crippen molar-refractivity contribution in [3.8, 4) is 0 Å². The second-order valence-corrected chi connectivity index (χ2v) is 4.02. The van der Waals surface area contributed by atoms with Crippen molar-refractivity contribution in [3.63, 3.8) is 0 Å². The smallest absolute Gasteiger partial charge is 0.105 e. The molecule has 0 aromatic carbocycles. The molecule has 0 radical (unpaired) electrons. The van der Waals surface area contributed by atoms with Crippen molar-refractivity contribution < 1.29 is 0 Å². The zero-order chi connectivity index (χ0) is 9.97. The van der Waals surface area contributed by atoms with Crippen molar-refractivity contribution in [1.29, 1.82) is 0 Å². The monoisotopic (exact) mass is 194 g/mol. The van der Waals surface area contributed by atoms with Crippen molar-refractivity contribution in [2.45, 2.75) is 25.9 Å². The number of likely N-dealkylation sites (tertiary alicyclic amines) is 1. The van der Waals surface area contributed by atoms with Gasteiger partial charge in [-0.2, -0.15) is 0 Å². The van der Waals surface area contributed by atoms with Crippen LogP contribution in [0.25, 0.3) is 0 Å². The van der Waals surface area contributed by atoms with Crippen LogP contribution in [0.1, 0.15) is 12.2 Å². The average molecular weight is 194 g/mol. The van der Waals surface area contributed by atoms with Gasteiger partial charge in [0.15, 0.2) is 0 Å². The van der Waals surface area contributed by atoms with Crippen LogP contribution in [0.5, 0.6) is 0 Å². The van der Waals surface area contributed by atoms with E-state index in [9.17, 15) is 0 Å². The molecule has 1 aliphatic heterocycles. The summed E-state index contributed by atoms with van der Waals surface area (Å²) in [6.07, 6.45) is 5.03. The zero-order valence-corrected chi connectivity index (χ0v) is 8.69. The molecule has 0 amide bonds. The Balaban J connectivity index is 1.80. The number of hydrogen-bond donors (Lipinski definition) is 1. The summed E-state index contributed by atoms with van der Waals surface area (Å²) in [5.74, 6) is 1.09. The Morgan fingerprint density at radius 1 is 1.57 bits per heavy atom. The van der Waals surface area contributed by atoms with Gasteiger partial charge in [-0.25, -0.2) is 4.98 Å². The molecule has 1 aliphatic rings. The Labute approximate surface area is 84.7 Å². The van der Waals surface area contributed by atoms with E-state index in [1.807, 2.05) is 19.3 Å². The molecular formula is C10H18N4. The third-order valence-corrected chi connectivity index (χ3v) is 2.89. The Kier molecular flexibility index (Phi) is 2.84. The highest BCUT2D eigenvalue weighted by Gasteiger charge is 2.18. The minimum absolute atomic E-state index is 0.388. The first-order chi connectivity index (χ1) is 6.75. The lowest BCUT2D eigenvalue weighted by Gasteiger charge is -2.15. The number of aryl methyl sites for hydroxylation is 1. The molecule has 0 unspecified atom stereocenters. The molecule has 0 bridgehead atoms. The predicted molar refractivity (Wildman–Crippen MR) is 56.0 cm³/mol. The van der Waals surface area contributed by atoms with Gasteiger partial charge in [-0.1, -0.05) is 0 Å². The van der Waals surface area contributed by atoms with Crippen LogP contribution in [0.2, 0.25) is 0 Å². The number of imidazole rings is 1. The SMILES string of the molecule is Cc1nccn1CCN1CC[C@@H](N)C1. The highest BCUT2D eigenvalue weighted by molar-refractivity contribution is 4.89. The minimum Gasteiger partial charge on any atom is -0.334 e. The minimum atomic E-state index is 0.388. The van der Waals surface area contributed by atoms with Gasteiger partial charge < -0.3 is 10.3 Å². The van der Waals surface area contributed by atoms with Crippen molar-refractivity contribution in [2.75, 3.05) is 19.6 Å². The van der Waals surface area contributed by atoms with Crippen LogP contribution in [0.4, 0.5) is 0 Å². The van der Waals surface area contributed by atoms with Gasteiger partial charge in [0.2, 0.25) is 0 Å². The van der Waals surface area contributed by atoms with Gasteiger partial charge in [0, 0.05) is 38.1 Å². The third-order valence-electron chi connectivity index (χ3n) is 2.89. The van der Waals surface area contributed by atoms with Gasteiger partial charge in [-0.05, 0) is 19.9 Å². The van der Waals surface area contributed by atoms with Crippen LogP contribution < -0.4 is 5.73 Å². The molecule has 1 fully saturated rings. The van der Waals surface area contributed by atoms with Crippen LogP contribution >= 0.6 is 0 Å². The van der Waals surface area contributed by atoms with Gasteiger partial charge >= 0.3 is 0 Å². The molecule has 4 heteroatoms. The Hall–Kier alpha value is -0.870. The molecular weight excluding hydrogens is 176 g/mol. The molecule has 2 N–H and O–H groups in total. The second-order valence-electron chi connectivity index (χ2n) is 4.02. The topological polar surface area (TPSA) is 47.1 Å². The first kappa shape index (κ1) is 9.68. The first-order valence-electron chi connectivity index (χ1n) is 5.21. The summed E-state index contributed by atoms with van der Waals surface area (Å²) in [5, 5.41) is 0. The van der Waals surface area contributed by atoms with Crippen molar-refractivity contribution >= 4 is 0 Å². The highest BCUT2D eigenvalue weighted by Crippen LogP contribution is 2.06. The van der Waals surface area contributed by atoms with E-state index in [0.29, 0.717) is 6.04 Å². The number of hydrogen-bond acceptors (Lipinski definition) is 3. The van der Waals surface area contributed by atoms with Crippen molar-refractivity contribution in [3.05, 3.63) is 18.2 Å². The van der Waals surface area contributed by atoms with Crippen LogP contribution in [-0.4, -0.2) is 40.1 Å². The van der Waals surface area contributed by atoms with E-state index in [1.54, 1.807) is 0 Å². The number of rotatable bonds is 3. The average Bonchev–Trinajstić information content (AvgIpc) is 2.72. The lowest BCUT2D eigenvalue weighted by Crippen LogP contribution is -2.29. The van der Waals surface area contributed by atoms with E-state index < -0.39 is 0 Å². The number of aromatic nitrogens is 2. The van der Waals surface area contributed by atoms with Crippen LogP contribution in [-0.2, 0) is 6.54 Å². The summed E-state index contributed by atoms with van der Waals surface area (Å²) in [6.45, 7) is 6.35. The van der Waals surface area contributed by atoms with E-state index in [-0.39, 0.29) is 0 Å². The summed E-state index contributed by atoms with van der Waals surface area (Å²) < 4.78 is 2.18. The fraction of sp³-hybridized carbons (Fsp3) is 0.700. The third kappa shape index (κ3) is 2.13. The highest BCUT2D eigenvalue weighted by atomic mass is 15.2. The van der Waals surface area contributed by atoms with E-state index in [4.69, 9.17) is 5.73 Å². The van der Waals surface area contributed by atoms with Gasteiger partial charge in [0.05, 0.1) is 0 Å². The maximum Gasteiger partial charge on any atom is 0.105 e. The maximum absolute atomic E-state index is 5.84. The summed E-state index contributed by atoms with van der Waals surface area (Å²) >= 11 is 0. The lowest BCUT2D eigenvalue weighted by atomic mass is 10.3. The molecule has 0 aliphatic carbocycles. The predicted octanol–water partition coefficient (Wildman–Crippen LogP) is 0.225. The summed E-state index contributed by atoms with van der Waals surface area (Å²) in [5.41, 5.74) is 5.84. The molecule has 14 heavy (non-hydrogen) atoms. The standard InChI is InChI=1S/C10H18N4/c1-9-12-3-5-14(9)7-6-13-4-2-10(11)8-13/h3,5,10H,2,4,6-8,11H2,1H3/t10-/m1/s1. The van der Waals surface area contributed by atoms with Crippen LogP contribution in [0, 0.1) is 6.92 Å². The summed E-state index contributed by atoms with van der Waals surface area (Å²) in [6, 6.07) is 0.388. The lowest BCUT2D eigenvalue weighted by molar-refractivity contribution is 0.317. The normalized spacial score (nSPS) is 23.1. The maximum atomic E-state index is 5.84. The molecule has 1 aromatic rings. The molecule has 2 rings (SSSR count). The molecule has 4 nitrogen and oxygen atoms in total. The number of nitrogens with zero attached hydrogens (tertiary/aromatic N) is 3. The molecule has 0 spiro atoms. The molecule has 1 saturated heterocycles. The fourth-order valence-corrected chi connectivity index (χ4v) is 1.95. The quantitative estimate of drug-likeness (QED) is 0.749. The Morgan fingerprint density at radius 2 is 2.43 bits per heavy atom. The van der Waals surface area contributed by atoms with Gasteiger partial charge in [-0.15, -0.1) is 0 Å². The van der Waals surface area contributed by atoms with Crippen molar-refractivity contribution in [2.24, 2.45) is 5.73 Å². The summed E-state index contributed by atoms with van der Waals surface area (Å²) in [7, 11) is 0. The van der Waals surface area contributed by atoms with Crippen LogP contribution in [0.3, 0.4) is 0 Å². The van der Waals surface area contributed by atoms with Crippen molar-refractivity contribution in [1.82, 2.24) is 14.5 Å². The molecule has 78 valence electrons. The van der Waals surface area contributed by atoms with E-state index in [2.05, 4.69) is 14.5 Å². The fourth-order valence-electron chi connectivity index (χ4n) is 1.95. The number of nitrogens with two attached hydrogens (primary N) is 1. The van der Waals surface area contributed by atoms with Crippen LogP contribution in [0.15, 0.2) is 12.4 Å². The van der Waals surface area contributed by atoms with Gasteiger partial charge in [0.25, 0.3) is 0 Å². The van der Waals surface area contributed by atoms with Gasteiger partial charge in [0.1, 0.15) is 5.82 Å². The largest absolute Gasteiger partial charge is 0.334 e. The molecule has 1 aromatic heterocycles. The van der Waals surface area contributed by atoms with E-state index in [1.165, 1.54) is 0 Å². The second kappa shape index (κ2) is 4.11. The van der Waals surface area contributed by atoms with Gasteiger partial charge in [-0.3, -0.25) is 4.90 Å². The van der Waals surface area contributed by atoms with E-state index in [0.717, 1.165) is 38.4 Å². The molecule has 0 saturated carbocycles. The first-order valence-corrected chi connectivity index (χ1v) is 5.21. The zero-order valence-electron chi connectivity index (χ0n) is 8.69. The van der Waals surface area contributed by atoms with E-state index >= 15 is 0 Å². The Bertz CT molecular complexity index is 294. The Morgan fingerprint density at radius 3 is 3.00 bits per heavy atom. The molecule has 1 atom stereocenters. The summed E-state index contributed by atoms with van der Waals surface area (Å²) in [4.78, 5) is 6.62. The molecule has 2 heterocycles.